The van der Waals surface area contributed by atoms with Crippen LogP contribution >= 0.6 is 0 Å². The highest BCUT2D eigenvalue weighted by Crippen LogP contribution is 2.50. The third-order valence-electron chi connectivity index (χ3n) is 12.8. The van der Waals surface area contributed by atoms with Crippen LogP contribution in [0.3, 0.4) is 0 Å². The van der Waals surface area contributed by atoms with Crippen molar-refractivity contribution in [1.82, 2.24) is 26.2 Å². The highest BCUT2D eigenvalue weighted by atomic mass is 16.5. The Morgan fingerprint density at radius 1 is 0.815 bits per heavy atom. The van der Waals surface area contributed by atoms with Crippen LogP contribution < -0.4 is 32.7 Å². The molecule has 5 aliphatic rings. The number of cyclic esters (lactones) is 1. The summed E-state index contributed by atoms with van der Waals surface area (Å²) in [5, 5.41) is 11.0. The topological polar surface area (TPSA) is 224 Å². The molecule has 0 aromatic carbocycles. The molecule has 1 heterocycles. The van der Waals surface area contributed by atoms with Gasteiger partial charge in [0.1, 0.15) is 36.8 Å². The number of ether oxygens (including phenoxy) is 2. The van der Waals surface area contributed by atoms with Crippen molar-refractivity contribution in [2.24, 2.45) is 41.1 Å². The lowest BCUT2D eigenvalue weighted by Crippen LogP contribution is -2.62. The van der Waals surface area contributed by atoms with E-state index in [-0.39, 0.29) is 37.1 Å². The molecular formula is C39H65N7O8. The number of nitrogens with two attached hydrogens (primary N) is 2. The Morgan fingerprint density at radius 3 is 2.13 bits per heavy atom. The Hall–Kier alpha value is -3.30. The van der Waals surface area contributed by atoms with E-state index < -0.39 is 72.3 Å². The zero-order valence-corrected chi connectivity index (χ0v) is 32.5. The SMILES string of the molecule is CCC[C@H]1C(=O)N[C@@H](C2CCCCCC2)C(=O)N[C@@H](CN)C(=O)N[C@@H](CO[C@H]2C[C@H](N)C2)C(=O)NCC(=O)O[C@H](CC2CC3CCC2C3)[C@@H](C)C(=O)N1C. The van der Waals surface area contributed by atoms with Gasteiger partial charge in [-0.2, -0.15) is 0 Å². The highest BCUT2D eigenvalue weighted by molar-refractivity contribution is 5.96. The second-order valence-electron chi connectivity index (χ2n) is 16.7. The van der Waals surface area contributed by atoms with Crippen LogP contribution in [0, 0.1) is 29.6 Å². The van der Waals surface area contributed by atoms with Crippen LogP contribution in [0.2, 0.25) is 0 Å². The van der Waals surface area contributed by atoms with Gasteiger partial charge in [0.15, 0.2) is 0 Å². The third kappa shape index (κ3) is 10.7. The number of rotatable bonds is 9. The van der Waals surface area contributed by atoms with Gasteiger partial charge in [-0.3, -0.25) is 28.8 Å². The van der Waals surface area contributed by atoms with E-state index in [0.29, 0.717) is 62.7 Å². The van der Waals surface area contributed by atoms with Gasteiger partial charge in [0.2, 0.25) is 29.5 Å². The largest absolute Gasteiger partial charge is 0.460 e. The monoisotopic (exact) mass is 759 g/mol. The van der Waals surface area contributed by atoms with E-state index in [1.54, 1.807) is 14.0 Å². The first-order chi connectivity index (χ1) is 25.9. The van der Waals surface area contributed by atoms with E-state index in [0.717, 1.165) is 44.9 Å². The maximum Gasteiger partial charge on any atom is 0.325 e. The maximum atomic E-state index is 14.3. The quantitative estimate of drug-likeness (QED) is 0.145. The summed E-state index contributed by atoms with van der Waals surface area (Å²) in [6, 6.07) is -4.31. The number of nitrogens with zero attached hydrogens (tertiary/aromatic N) is 1. The smallest absolute Gasteiger partial charge is 0.325 e. The van der Waals surface area contributed by atoms with Crippen molar-refractivity contribution >= 4 is 35.5 Å². The summed E-state index contributed by atoms with van der Waals surface area (Å²) in [6.07, 6.45) is 11.5. The molecule has 8 N–H and O–H groups in total. The van der Waals surface area contributed by atoms with Gasteiger partial charge in [-0.05, 0) is 81.5 Å². The number of hydrogen-bond donors (Lipinski definition) is 6. The van der Waals surface area contributed by atoms with Crippen LogP contribution in [-0.2, 0) is 38.2 Å². The molecule has 9 atom stereocenters. The molecule has 4 saturated carbocycles. The number of esters is 1. The van der Waals surface area contributed by atoms with Crippen LogP contribution in [0.25, 0.3) is 0 Å². The molecule has 5 rings (SSSR count). The van der Waals surface area contributed by atoms with E-state index >= 15 is 0 Å². The van der Waals surface area contributed by atoms with Crippen LogP contribution in [-0.4, -0.2) is 110 Å². The molecule has 0 aromatic heterocycles. The molecule has 0 spiro atoms. The fourth-order valence-electron chi connectivity index (χ4n) is 9.43. The Morgan fingerprint density at radius 2 is 1.52 bits per heavy atom. The lowest BCUT2D eigenvalue weighted by Gasteiger charge is -2.35. The molecule has 1 aliphatic heterocycles. The second-order valence-corrected chi connectivity index (χ2v) is 16.7. The van der Waals surface area contributed by atoms with Crippen molar-refractivity contribution < 1.29 is 38.2 Å². The van der Waals surface area contributed by atoms with E-state index in [1.807, 2.05) is 6.92 Å². The van der Waals surface area contributed by atoms with Gasteiger partial charge in [-0.1, -0.05) is 52.4 Å². The molecule has 5 fully saturated rings. The Labute approximate surface area is 319 Å². The van der Waals surface area contributed by atoms with E-state index in [2.05, 4.69) is 21.3 Å². The second kappa shape index (κ2) is 19.5. The molecule has 0 aromatic rings. The van der Waals surface area contributed by atoms with Crippen molar-refractivity contribution in [2.45, 2.75) is 153 Å². The molecule has 54 heavy (non-hydrogen) atoms. The summed E-state index contributed by atoms with van der Waals surface area (Å²) in [5.74, 6) is -2.95. The fraction of sp³-hybridized carbons (Fsp3) is 0.846. The summed E-state index contributed by atoms with van der Waals surface area (Å²) in [7, 11) is 1.59. The van der Waals surface area contributed by atoms with Gasteiger partial charge in [-0.25, -0.2) is 0 Å². The lowest BCUT2D eigenvalue weighted by atomic mass is 9.82. The highest BCUT2D eigenvalue weighted by Gasteiger charge is 2.44. The summed E-state index contributed by atoms with van der Waals surface area (Å²) >= 11 is 0. The average Bonchev–Trinajstić information content (AvgIpc) is 3.66. The van der Waals surface area contributed by atoms with Gasteiger partial charge in [0.05, 0.1) is 18.6 Å². The minimum atomic E-state index is -1.23. The lowest BCUT2D eigenvalue weighted by molar-refractivity contribution is -0.158. The molecule has 2 bridgehead atoms. The summed E-state index contributed by atoms with van der Waals surface area (Å²) in [4.78, 5) is 84.7. The molecule has 3 unspecified atom stereocenters. The Balaban J connectivity index is 1.44. The maximum absolute atomic E-state index is 14.3. The Bertz CT molecular complexity index is 1340. The normalized spacial score (nSPS) is 36.8. The number of likely N-dealkylation sites (N-methyl/N-ethyl adjacent to an activating group) is 1. The number of carbonyl (C=O) groups excluding carboxylic acids is 6. The predicted molar refractivity (Wildman–Crippen MR) is 200 cm³/mol. The van der Waals surface area contributed by atoms with Gasteiger partial charge in [-0.15, -0.1) is 0 Å². The molecular weight excluding hydrogens is 694 g/mol. The van der Waals surface area contributed by atoms with E-state index in [4.69, 9.17) is 20.9 Å². The molecule has 0 radical (unpaired) electrons. The summed E-state index contributed by atoms with van der Waals surface area (Å²) in [5.41, 5.74) is 11.9. The molecule has 5 amide bonds. The van der Waals surface area contributed by atoms with Crippen molar-refractivity contribution in [3.8, 4) is 0 Å². The van der Waals surface area contributed by atoms with E-state index in [9.17, 15) is 28.8 Å². The third-order valence-corrected chi connectivity index (χ3v) is 12.8. The first-order valence-electron chi connectivity index (χ1n) is 20.6. The zero-order valence-electron chi connectivity index (χ0n) is 32.5. The van der Waals surface area contributed by atoms with Gasteiger partial charge < -0.3 is 47.1 Å². The van der Waals surface area contributed by atoms with Gasteiger partial charge in [0.25, 0.3) is 0 Å². The summed E-state index contributed by atoms with van der Waals surface area (Å²) < 4.78 is 11.9. The molecule has 15 nitrogen and oxygen atoms in total. The summed E-state index contributed by atoms with van der Waals surface area (Å²) in [6.45, 7) is 2.69. The van der Waals surface area contributed by atoms with Crippen LogP contribution in [0.4, 0.5) is 0 Å². The first-order valence-corrected chi connectivity index (χ1v) is 20.6. The number of fused-ring (bicyclic) bond motifs is 2. The number of hydrogen-bond acceptors (Lipinski definition) is 10. The average molecular weight is 760 g/mol. The first kappa shape index (κ1) is 41.9. The zero-order chi connectivity index (χ0) is 38.9. The molecule has 1 saturated heterocycles. The molecule has 4 aliphatic carbocycles. The van der Waals surface area contributed by atoms with Crippen LogP contribution in [0.15, 0.2) is 0 Å². The minimum absolute atomic E-state index is 0.0000730. The number of amides is 5. The number of nitrogens with one attached hydrogen (secondary N) is 4. The van der Waals surface area contributed by atoms with Crippen molar-refractivity contribution in [1.29, 1.82) is 0 Å². The van der Waals surface area contributed by atoms with Crippen molar-refractivity contribution in [2.75, 3.05) is 26.7 Å². The molecule has 15 heteroatoms. The standard InChI is InChI=1S/C39H65N7O8/c1-4-9-31-37(50)45-34(24-10-7-5-6-8-11-24)38(51)43-29(19-40)36(49)44-30(21-53-28-17-27(41)18-28)35(48)42-20-33(47)54-32(22(2)39(52)46(31)3)16-26-15-23-12-13-25(26)14-23/h22-32,34H,4-21,40-41H2,1-3H3,(H,42,48)(H,43,51)(H,44,49)(H,45,50)/t22-,23?,25?,26?,27-,28-,29+,30+,31+,32-,34+/m1/s1. The van der Waals surface area contributed by atoms with Gasteiger partial charge >= 0.3 is 5.97 Å². The Kier molecular flexibility index (Phi) is 15.1. The minimum Gasteiger partial charge on any atom is -0.460 e. The van der Waals surface area contributed by atoms with Crippen molar-refractivity contribution in [3.63, 3.8) is 0 Å². The predicted octanol–water partition coefficient (Wildman–Crippen LogP) is 1.01. The fourth-order valence-corrected chi connectivity index (χ4v) is 9.43. The van der Waals surface area contributed by atoms with Crippen LogP contribution in [0.1, 0.15) is 110 Å². The van der Waals surface area contributed by atoms with Crippen molar-refractivity contribution in [3.05, 3.63) is 0 Å². The number of carbonyl (C=O) groups is 6. The van der Waals surface area contributed by atoms with Crippen LogP contribution in [0.5, 0.6) is 0 Å². The molecule has 304 valence electrons. The van der Waals surface area contributed by atoms with Gasteiger partial charge in [0, 0.05) is 19.6 Å². The van der Waals surface area contributed by atoms with E-state index in [1.165, 1.54) is 11.3 Å².